The third-order valence-corrected chi connectivity index (χ3v) is 7.94. The molecule has 38 heavy (non-hydrogen) atoms. The lowest BCUT2D eigenvalue weighted by Gasteiger charge is -2.41. The Morgan fingerprint density at radius 3 is 2.50 bits per heavy atom. The highest BCUT2D eigenvalue weighted by atomic mass is 19.3. The molecule has 5 rings (SSSR count). The summed E-state index contributed by atoms with van der Waals surface area (Å²) in [6.45, 7) is 5.09. The first-order chi connectivity index (χ1) is 17.8. The van der Waals surface area contributed by atoms with Crippen LogP contribution in [0.1, 0.15) is 50.7 Å². The van der Waals surface area contributed by atoms with Gasteiger partial charge in [0.1, 0.15) is 5.82 Å². The van der Waals surface area contributed by atoms with E-state index >= 15 is 4.39 Å². The van der Waals surface area contributed by atoms with Crippen LogP contribution in [0.25, 0.3) is 0 Å². The molecule has 1 saturated carbocycles. The maximum atomic E-state index is 15.4. The number of anilines is 2. The van der Waals surface area contributed by atoms with Crippen molar-refractivity contribution < 1.29 is 42.8 Å². The number of benzene rings is 2. The van der Waals surface area contributed by atoms with Gasteiger partial charge in [0.15, 0.2) is 11.5 Å². The van der Waals surface area contributed by atoms with Gasteiger partial charge in [-0.1, -0.05) is 26.8 Å². The van der Waals surface area contributed by atoms with Gasteiger partial charge in [-0.25, -0.2) is 4.39 Å². The Bertz CT molecular complexity index is 1270. The van der Waals surface area contributed by atoms with Gasteiger partial charge in [-0.3, -0.25) is 4.79 Å². The first kappa shape index (κ1) is 26.6. The number of aliphatic hydroxyl groups excluding tert-OH is 3. The molecule has 0 aromatic heterocycles. The summed E-state index contributed by atoms with van der Waals surface area (Å²) in [5.74, 6) is -1.62. The highest BCUT2D eigenvalue weighted by Gasteiger charge is 2.53. The third kappa shape index (κ3) is 4.36. The molecule has 1 aliphatic carbocycles. The summed E-state index contributed by atoms with van der Waals surface area (Å²) in [7, 11) is 0. The number of fused-ring (bicyclic) bond motifs is 2. The topological polar surface area (TPSA) is 111 Å². The van der Waals surface area contributed by atoms with Crippen LogP contribution in [0.5, 0.6) is 11.5 Å². The van der Waals surface area contributed by atoms with Crippen molar-refractivity contribution in [1.82, 2.24) is 0 Å². The van der Waals surface area contributed by atoms with Crippen LogP contribution in [0.4, 0.5) is 24.5 Å². The second-order valence-corrected chi connectivity index (χ2v) is 11.1. The van der Waals surface area contributed by atoms with E-state index in [9.17, 15) is 28.9 Å². The van der Waals surface area contributed by atoms with Crippen molar-refractivity contribution in [1.29, 1.82) is 0 Å². The molecule has 0 spiro atoms. The quantitative estimate of drug-likeness (QED) is 0.409. The molecular formula is C27H31F3N2O6. The van der Waals surface area contributed by atoms with Gasteiger partial charge in [0.05, 0.1) is 30.4 Å². The fraction of sp³-hybridized carbons (Fsp3) is 0.519. The van der Waals surface area contributed by atoms with Gasteiger partial charge >= 0.3 is 6.29 Å². The Kier molecular flexibility index (Phi) is 6.32. The van der Waals surface area contributed by atoms with Crippen LogP contribution >= 0.6 is 0 Å². The maximum Gasteiger partial charge on any atom is 0.586 e. The number of carbonyl (C=O) groups excluding carboxylic acids is 1. The molecule has 2 heterocycles. The number of hydrogen-bond acceptors (Lipinski definition) is 7. The molecule has 2 aromatic carbocycles. The first-order valence-corrected chi connectivity index (χ1v) is 12.5. The second-order valence-electron chi connectivity index (χ2n) is 11.1. The number of halogens is 3. The van der Waals surface area contributed by atoms with E-state index in [1.807, 2.05) is 20.8 Å². The molecule has 1 amide bonds. The Labute approximate surface area is 218 Å². The molecule has 4 N–H and O–H groups in total. The van der Waals surface area contributed by atoms with Gasteiger partial charge in [-0.15, -0.1) is 8.78 Å². The summed E-state index contributed by atoms with van der Waals surface area (Å²) in [5, 5.41) is 32.3. The molecule has 3 aliphatic rings. The third-order valence-electron chi connectivity index (χ3n) is 7.94. The molecule has 2 aliphatic heterocycles. The standard InChI is InChI=1S/C27H31F3N2O6/c1-14-17-9-19(18(28)10-20(17)32(11-16(35)12-33)23(14)25(2,3)13-34)31-24(36)26(6-7-26)15-4-5-21-22(8-15)38-27(29,30)37-21/h4-5,8-10,14,16,23,33-35H,6-7,11-13H2,1-3H3,(H,31,36)/t14?,16-,23?/m1/s1. The van der Waals surface area contributed by atoms with Crippen molar-refractivity contribution in [3.63, 3.8) is 0 Å². The number of rotatable bonds is 8. The fourth-order valence-corrected chi connectivity index (χ4v) is 5.83. The van der Waals surface area contributed by atoms with E-state index in [2.05, 4.69) is 14.8 Å². The number of ether oxygens (including phenoxy) is 2. The minimum Gasteiger partial charge on any atom is -0.396 e. The molecule has 2 aromatic rings. The zero-order valence-electron chi connectivity index (χ0n) is 21.3. The van der Waals surface area contributed by atoms with Crippen LogP contribution in [0.15, 0.2) is 30.3 Å². The lowest BCUT2D eigenvalue weighted by Crippen LogP contribution is -2.49. The summed E-state index contributed by atoms with van der Waals surface area (Å²) in [5.41, 5.74) is 0.0647. The SMILES string of the molecule is CC1c2cc(NC(=O)C3(c4ccc5c(c4)OC(F)(F)O5)CC3)c(F)cc2N(C[C@@H](O)CO)C1C(C)(C)CO. The van der Waals surface area contributed by atoms with Crippen molar-refractivity contribution in [3.8, 4) is 11.5 Å². The first-order valence-electron chi connectivity index (χ1n) is 12.5. The minimum atomic E-state index is -3.77. The van der Waals surface area contributed by atoms with Crippen LogP contribution in [-0.2, 0) is 10.2 Å². The van der Waals surface area contributed by atoms with Crippen molar-refractivity contribution >= 4 is 17.3 Å². The van der Waals surface area contributed by atoms with Gasteiger partial charge in [0.2, 0.25) is 5.91 Å². The van der Waals surface area contributed by atoms with E-state index in [1.165, 1.54) is 24.3 Å². The molecule has 2 unspecified atom stereocenters. The van der Waals surface area contributed by atoms with Gasteiger partial charge in [-0.05, 0) is 48.2 Å². The Morgan fingerprint density at radius 1 is 1.18 bits per heavy atom. The van der Waals surface area contributed by atoms with Crippen molar-refractivity contribution in [3.05, 3.63) is 47.3 Å². The molecule has 0 radical (unpaired) electrons. The van der Waals surface area contributed by atoms with Gasteiger partial charge < -0.3 is 35.0 Å². The lowest BCUT2D eigenvalue weighted by atomic mass is 9.77. The fourth-order valence-electron chi connectivity index (χ4n) is 5.83. The maximum absolute atomic E-state index is 15.4. The predicted octanol–water partition coefficient (Wildman–Crippen LogP) is 3.48. The van der Waals surface area contributed by atoms with Crippen molar-refractivity contribution in [2.45, 2.75) is 63.4 Å². The number of β-amino-alcohol motifs (C(OH)–C–C–N with tert-alkyl or cyclic N) is 1. The Morgan fingerprint density at radius 2 is 1.87 bits per heavy atom. The molecule has 0 bridgehead atoms. The smallest absolute Gasteiger partial charge is 0.396 e. The number of hydrogen-bond donors (Lipinski definition) is 4. The lowest BCUT2D eigenvalue weighted by molar-refractivity contribution is -0.286. The van der Waals surface area contributed by atoms with E-state index in [0.717, 1.165) is 5.56 Å². The summed E-state index contributed by atoms with van der Waals surface area (Å²) < 4.78 is 51.2. The van der Waals surface area contributed by atoms with E-state index in [4.69, 9.17) is 0 Å². The van der Waals surface area contributed by atoms with Crippen LogP contribution in [0, 0.1) is 11.2 Å². The zero-order valence-corrected chi connectivity index (χ0v) is 21.3. The minimum absolute atomic E-state index is 0.0238. The zero-order chi connectivity index (χ0) is 27.6. The van der Waals surface area contributed by atoms with Crippen molar-refractivity contribution in [2.24, 2.45) is 5.41 Å². The number of amides is 1. The Hall–Kier alpha value is -3.02. The van der Waals surface area contributed by atoms with Crippen LogP contribution < -0.4 is 19.7 Å². The highest BCUT2D eigenvalue weighted by Crippen LogP contribution is 2.53. The van der Waals surface area contributed by atoms with Gasteiger partial charge in [0, 0.05) is 29.6 Å². The number of alkyl halides is 2. The molecule has 3 atom stereocenters. The number of carbonyl (C=O) groups is 1. The molecule has 0 saturated heterocycles. The molecule has 206 valence electrons. The monoisotopic (exact) mass is 536 g/mol. The summed E-state index contributed by atoms with van der Waals surface area (Å²) in [6.07, 6.45) is -3.92. The molecular weight excluding hydrogens is 505 g/mol. The molecule has 1 fully saturated rings. The Balaban J connectivity index is 1.43. The van der Waals surface area contributed by atoms with E-state index < -0.39 is 41.6 Å². The van der Waals surface area contributed by atoms with E-state index in [1.54, 1.807) is 11.0 Å². The normalized spacial score (nSPS) is 23.2. The summed E-state index contributed by atoms with van der Waals surface area (Å²) in [4.78, 5) is 15.2. The molecule has 8 nitrogen and oxygen atoms in total. The van der Waals surface area contributed by atoms with E-state index in [0.29, 0.717) is 24.1 Å². The second kappa shape index (κ2) is 9.03. The molecule has 11 heteroatoms. The van der Waals surface area contributed by atoms with Gasteiger partial charge in [0.25, 0.3) is 0 Å². The van der Waals surface area contributed by atoms with Crippen LogP contribution in [0.3, 0.4) is 0 Å². The largest absolute Gasteiger partial charge is 0.586 e. The predicted molar refractivity (Wildman–Crippen MR) is 132 cm³/mol. The number of aliphatic hydroxyl groups is 3. The number of nitrogens with zero attached hydrogens (tertiary/aromatic N) is 1. The summed E-state index contributed by atoms with van der Waals surface area (Å²) >= 11 is 0. The average molecular weight is 537 g/mol. The highest BCUT2D eigenvalue weighted by molar-refractivity contribution is 6.02. The van der Waals surface area contributed by atoms with Crippen LogP contribution in [0.2, 0.25) is 0 Å². The van der Waals surface area contributed by atoms with Crippen molar-refractivity contribution in [2.75, 3.05) is 30.0 Å². The van der Waals surface area contributed by atoms with Gasteiger partial charge in [-0.2, -0.15) is 0 Å². The summed E-state index contributed by atoms with van der Waals surface area (Å²) in [6, 6.07) is 6.76. The van der Waals surface area contributed by atoms with Crippen LogP contribution in [-0.4, -0.2) is 59.4 Å². The van der Waals surface area contributed by atoms with E-state index in [-0.39, 0.29) is 42.3 Å². The average Bonchev–Trinajstić information content (AvgIpc) is 3.55. The number of nitrogens with one attached hydrogen (secondary N) is 1.